The zero-order chi connectivity index (χ0) is 17.6. The van der Waals surface area contributed by atoms with Crippen molar-refractivity contribution in [3.8, 4) is 11.5 Å². The zero-order valence-corrected chi connectivity index (χ0v) is 14.5. The molecule has 1 aromatic heterocycles. The molecule has 1 N–H and O–H groups in total. The van der Waals surface area contributed by atoms with Crippen LogP contribution in [0.4, 0.5) is 0 Å². The number of benzene rings is 2. The molecule has 0 aliphatic heterocycles. The number of ether oxygens (including phenoxy) is 2. The molecule has 2 aromatic carbocycles. The maximum absolute atomic E-state index is 12.2. The summed E-state index contributed by atoms with van der Waals surface area (Å²) >= 11 is 0. The van der Waals surface area contributed by atoms with Gasteiger partial charge in [-0.15, -0.1) is 0 Å². The third kappa shape index (κ3) is 3.94. The summed E-state index contributed by atoms with van der Waals surface area (Å²) in [6.45, 7) is 1.08. The maximum atomic E-state index is 12.2. The molecule has 0 atom stereocenters. The number of hydrogen-bond acceptors (Lipinski definition) is 3. The van der Waals surface area contributed by atoms with Crippen molar-refractivity contribution in [1.82, 2.24) is 9.88 Å². The van der Waals surface area contributed by atoms with Gasteiger partial charge in [0.25, 0.3) is 0 Å². The van der Waals surface area contributed by atoms with E-state index in [1.54, 1.807) is 14.2 Å². The quantitative estimate of drug-likeness (QED) is 0.719. The van der Waals surface area contributed by atoms with E-state index in [4.69, 9.17) is 9.47 Å². The molecule has 5 nitrogen and oxygen atoms in total. The van der Waals surface area contributed by atoms with Crippen molar-refractivity contribution in [2.75, 3.05) is 14.2 Å². The minimum absolute atomic E-state index is 0.00986. The summed E-state index contributed by atoms with van der Waals surface area (Å²) < 4.78 is 12.6. The molecular formula is C20H22N2O3. The van der Waals surface area contributed by atoms with Crippen LogP contribution in [0.25, 0.3) is 10.9 Å². The molecule has 0 aliphatic carbocycles. The van der Waals surface area contributed by atoms with Crippen LogP contribution in [0.15, 0.2) is 54.7 Å². The Morgan fingerprint density at radius 3 is 2.72 bits per heavy atom. The normalized spacial score (nSPS) is 10.6. The van der Waals surface area contributed by atoms with Gasteiger partial charge in [-0.05, 0) is 29.7 Å². The van der Waals surface area contributed by atoms with Gasteiger partial charge in [0.15, 0.2) is 0 Å². The number of aryl methyl sites for hydroxylation is 1. The van der Waals surface area contributed by atoms with Gasteiger partial charge in [-0.25, -0.2) is 0 Å². The van der Waals surface area contributed by atoms with Crippen LogP contribution in [-0.2, 0) is 17.9 Å². The topological polar surface area (TPSA) is 52.5 Å². The minimum Gasteiger partial charge on any atom is -0.497 e. The Kier molecular flexibility index (Phi) is 5.23. The highest BCUT2D eigenvalue weighted by atomic mass is 16.5. The Bertz CT molecular complexity index is 870. The van der Waals surface area contributed by atoms with E-state index >= 15 is 0 Å². The van der Waals surface area contributed by atoms with Crippen LogP contribution >= 0.6 is 0 Å². The highest BCUT2D eigenvalue weighted by Gasteiger charge is 2.08. The molecule has 0 bridgehead atoms. The molecule has 25 heavy (non-hydrogen) atoms. The number of carbonyl (C=O) groups excluding carboxylic acids is 1. The third-order valence-corrected chi connectivity index (χ3v) is 4.23. The number of carbonyl (C=O) groups is 1. The fourth-order valence-electron chi connectivity index (χ4n) is 2.84. The van der Waals surface area contributed by atoms with Crippen molar-refractivity contribution in [2.45, 2.75) is 19.5 Å². The summed E-state index contributed by atoms with van der Waals surface area (Å²) in [6, 6.07) is 15.8. The first-order chi connectivity index (χ1) is 12.2. The molecule has 1 heterocycles. The first kappa shape index (κ1) is 16.9. The summed E-state index contributed by atoms with van der Waals surface area (Å²) in [5, 5.41) is 4.13. The van der Waals surface area contributed by atoms with E-state index in [0.717, 1.165) is 16.8 Å². The minimum atomic E-state index is 0.00986. The molecule has 1 amide bonds. The summed E-state index contributed by atoms with van der Waals surface area (Å²) in [5.41, 5.74) is 2.06. The van der Waals surface area contributed by atoms with E-state index in [9.17, 15) is 4.79 Å². The number of nitrogens with one attached hydrogen (secondary N) is 1. The van der Waals surface area contributed by atoms with Crippen molar-refractivity contribution in [3.63, 3.8) is 0 Å². The SMILES string of the molecule is COc1ccc(CNC(=O)CCn2ccc3ccccc32)c(OC)c1. The predicted molar refractivity (Wildman–Crippen MR) is 97.9 cm³/mol. The van der Waals surface area contributed by atoms with Crippen molar-refractivity contribution >= 4 is 16.8 Å². The number of nitrogens with zero attached hydrogens (tertiary/aromatic N) is 1. The van der Waals surface area contributed by atoms with E-state index in [2.05, 4.69) is 28.1 Å². The first-order valence-electron chi connectivity index (χ1n) is 8.22. The molecule has 3 rings (SSSR count). The first-order valence-corrected chi connectivity index (χ1v) is 8.22. The second-order valence-electron chi connectivity index (χ2n) is 5.77. The van der Waals surface area contributed by atoms with E-state index in [1.807, 2.05) is 36.5 Å². The fraction of sp³-hybridized carbons (Fsp3) is 0.250. The van der Waals surface area contributed by atoms with Crippen LogP contribution in [0.5, 0.6) is 11.5 Å². The monoisotopic (exact) mass is 338 g/mol. The number of amides is 1. The summed E-state index contributed by atoms with van der Waals surface area (Å²) in [6.07, 6.45) is 2.45. The average Bonchev–Trinajstić information content (AvgIpc) is 3.07. The Labute approximate surface area is 147 Å². The molecule has 3 aromatic rings. The van der Waals surface area contributed by atoms with E-state index < -0.39 is 0 Å². The van der Waals surface area contributed by atoms with E-state index in [-0.39, 0.29) is 5.91 Å². The highest BCUT2D eigenvalue weighted by molar-refractivity contribution is 5.80. The number of hydrogen-bond donors (Lipinski definition) is 1. The molecular weight excluding hydrogens is 316 g/mol. The van der Waals surface area contributed by atoms with Gasteiger partial charge in [0.1, 0.15) is 11.5 Å². The highest BCUT2D eigenvalue weighted by Crippen LogP contribution is 2.24. The third-order valence-electron chi connectivity index (χ3n) is 4.23. The van der Waals surface area contributed by atoms with E-state index in [0.29, 0.717) is 25.3 Å². The number of methoxy groups -OCH3 is 2. The summed E-state index contributed by atoms with van der Waals surface area (Å²) in [7, 11) is 3.22. The van der Waals surface area contributed by atoms with Crippen molar-refractivity contribution in [2.24, 2.45) is 0 Å². The number of fused-ring (bicyclic) bond motifs is 1. The van der Waals surface area contributed by atoms with Crippen LogP contribution in [0.2, 0.25) is 0 Å². The lowest BCUT2D eigenvalue weighted by Crippen LogP contribution is -2.24. The Morgan fingerprint density at radius 2 is 1.92 bits per heavy atom. The van der Waals surface area contributed by atoms with Crippen molar-refractivity contribution < 1.29 is 14.3 Å². The molecule has 0 aliphatic rings. The van der Waals surface area contributed by atoms with Gasteiger partial charge in [0.05, 0.1) is 14.2 Å². The van der Waals surface area contributed by atoms with Crippen LogP contribution in [0.1, 0.15) is 12.0 Å². The lowest BCUT2D eigenvalue weighted by molar-refractivity contribution is -0.121. The second kappa shape index (κ2) is 7.75. The molecule has 0 radical (unpaired) electrons. The van der Waals surface area contributed by atoms with Crippen LogP contribution < -0.4 is 14.8 Å². The predicted octanol–water partition coefficient (Wildman–Crippen LogP) is 3.37. The largest absolute Gasteiger partial charge is 0.497 e. The number of rotatable bonds is 7. The van der Waals surface area contributed by atoms with Gasteiger partial charge < -0.3 is 19.4 Å². The zero-order valence-electron chi connectivity index (χ0n) is 14.5. The lowest BCUT2D eigenvalue weighted by Gasteiger charge is -2.11. The van der Waals surface area contributed by atoms with E-state index in [1.165, 1.54) is 5.39 Å². The van der Waals surface area contributed by atoms with Crippen LogP contribution in [0, 0.1) is 0 Å². The lowest BCUT2D eigenvalue weighted by atomic mass is 10.2. The fourth-order valence-corrected chi connectivity index (χ4v) is 2.84. The smallest absolute Gasteiger partial charge is 0.222 e. The molecule has 0 spiro atoms. The van der Waals surface area contributed by atoms with Crippen LogP contribution in [-0.4, -0.2) is 24.7 Å². The van der Waals surface area contributed by atoms with Crippen molar-refractivity contribution in [1.29, 1.82) is 0 Å². The number of para-hydroxylation sites is 1. The molecule has 0 unspecified atom stereocenters. The van der Waals surface area contributed by atoms with Gasteiger partial charge >= 0.3 is 0 Å². The standard InChI is InChI=1S/C20H22N2O3/c1-24-17-8-7-16(19(13-17)25-2)14-21-20(23)10-12-22-11-9-15-5-3-4-6-18(15)22/h3-9,11,13H,10,12,14H2,1-2H3,(H,21,23). The van der Waals surface area contributed by atoms with Gasteiger partial charge in [-0.3, -0.25) is 4.79 Å². The Balaban J connectivity index is 1.56. The second-order valence-corrected chi connectivity index (χ2v) is 5.77. The Morgan fingerprint density at radius 1 is 1.08 bits per heavy atom. The molecule has 5 heteroatoms. The maximum Gasteiger partial charge on any atom is 0.222 e. The molecule has 130 valence electrons. The molecule has 0 saturated heterocycles. The summed E-state index contributed by atoms with van der Waals surface area (Å²) in [5.74, 6) is 1.44. The molecule has 0 fully saturated rings. The van der Waals surface area contributed by atoms with Gasteiger partial charge in [-0.1, -0.05) is 18.2 Å². The average molecular weight is 338 g/mol. The van der Waals surface area contributed by atoms with Gasteiger partial charge in [-0.2, -0.15) is 0 Å². The summed E-state index contributed by atoms with van der Waals surface area (Å²) in [4.78, 5) is 12.2. The van der Waals surface area contributed by atoms with Crippen LogP contribution in [0.3, 0.4) is 0 Å². The molecule has 0 saturated carbocycles. The van der Waals surface area contributed by atoms with Gasteiger partial charge in [0, 0.05) is 42.9 Å². The van der Waals surface area contributed by atoms with Crippen molar-refractivity contribution in [3.05, 3.63) is 60.3 Å². The van der Waals surface area contributed by atoms with Gasteiger partial charge in [0.2, 0.25) is 5.91 Å². The Hall–Kier alpha value is -2.95. The number of aromatic nitrogens is 1.